The first kappa shape index (κ1) is 30.6. The van der Waals surface area contributed by atoms with Crippen molar-refractivity contribution in [2.24, 2.45) is 0 Å². The number of hydrogen-bond donors (Lipinski definition) is 3. The third-order valence-corrected chi connectivity index (χ3v) is 5.44. The van der Waals surface area contributed by atoms with E-state index in [-0.39, 0.29) is 5.75 Å². The van der Waals surface area contributed by atoms with Crippen molar-refractivity contribution in [3.05, 3.63) is 29.8 Å². The Morgan fingerprint density at radius 1 is 1.03 bits per heavy atom. The molecule has 1 aromatic carbocycles. The molecule has 3 amide bonds. The van der Waals surface area contributed by atoms with E-state index in [1.54, 1.807) is 50.7 Å². The van der Waals surface area contributed by atoms with Crippen LogP contribution in [0.2, 0.25) is 0 Å². The molecule has 0 aliphatic carbocycles. The van der Waals surface area contributed by atoms with Crippen molar-refractivity contribution in [1.29, 1.82) is 0 Å². The minimum absolute atomic E-state index is 0.0932. The zero-order valence-corrected chi connectivity index (χ0v) is 23.6. The maximum atomic E-state index is 14.1. The van der Waals surface area contributed by atoms with Crippen molar-refractivity contribution < 1.29 is 24.2 Å². The zero-order chi connectivity index (χ0) is 27.2. The van der Waals surface area contributed by atoms with Crippen LogP contribution in [-0.2, 0) is 14.3 Å². The second kappa shape index (κ2) is 12.0. The molecule has 0 aliphatic rings. The molecular formula is C26H43N3O5S. The average Bonchev–Trinajstić information content (AvgIpc) is 2.65. The Morgan fingerprint density at radius 3 is 2.06 bits per heavy atom. The van der Waals surface area contributed by atoms with Crippen molar-refractivity contribution in [2.75, 3.05) is 12.0 Å². The second-order valence-corrected chi connectivity index (χ2v) is 12.5. The first-order valence-electron chi connectivity index (χ1n) is 11.8. The van der Waals surface area contributed by atoms with Gasteiger partial charge in [0.25, 0.3) is 0 Å². The Bertz CT molecular complexity index is 884. The summed E-state index contributed by atoms with van der Waals surface area (Å²) >= 11 is 1.55. The van der Waals surface area contributed by atoms with E-state index in [0.29, 0.717) is 17.7 Å². The van der Waals surface area contributed by atoms with Gasteiger partial charge in [-0.05, 0) is 86.8 Å². The van der Waals surface area contributed by atoms with Crippen molar-refractivity contribution in [3.8, 4) is 5.75 Å². The molecule has 198 valence electrons. The van der Waals surface area contributed by atoms with E-state index in [1.807, 2.05) is 47.8 Å². The molecule has 0 bridgehead atoms. The lowest BCUT2D eigenvalue weighted by molar-refractivity contribution is -0.149. The summed E-state index contributed by atoms with van der Waals surface area (Å²) in [5, 5.41) is 16.3. The van der Waals surface area contributed by atoms with Crippen LogP contribution in [0, 0.1) is 0 Å². The number of benzene rings is 1. The molecule has 2 atom stereocenters. The van der Waals surface area contributed by atoms with Crippen LogP contribution in [0.4, 0.5) is 4.79 Å². The highest BCUT2D eigenvalue weighted by Gasteiger charge is 2.43. The van der Waals surface area contributed by atoms with Gasteiger partial charge in [0.15, 0.2) is 0 Å². The molecule has 0 fully saturated rings. The second-order valence-electron chi connectivity index (χ2n) is 11.6. The Hall–Kier alpha value is -2.42. The molecule has 0 radical (unpaired) electrons. The van der Waals surface area contributed by atoms with Crippen LogP contribution in [-0.4, -0.2) is 62.6 Å². The van der Waals surface area contributed by atoms with Crippen molar-refractivity contribution >= 4 is 29.7 Å². The van der Waals surface area contributed by atoms with Gasteiger partial charge in [-0.3, -0.25) is 9.59 Å². The summed E-state index contributed by atoms with van der Waals surface area (Å²) in [6.07, 6.45) is 1.56. The molecule has 0 spiro atoms. The van der Waals surface area contributed by atoms with Gasteiger partial charge < -0.3 is 25.4 Å². The van der Waals surface area contributed by atoms with Crippen molar-refractivity contribution in [1.82, 2.24) is 15.5 Å². The predicted octanol–water partition coefficient (Wildman–Crippen LogP) is 4.62. The van der Waals surface area contributed by atoms with Gasteiger partial charge in [-0.1, -0.05) is 18.2 Å². The molecule has 0 aromatic heterocycles. The molecule has 0 saturated carbocycles. The smallest absolute Gasteiger partial charge is 0.408 e. The number of para-hydroxylation sites is 1. The summed E-state index contributed by atoms with van der Waals surface area (Å²) in [6.45, 7) is 16.3. The number of thioether (sulfide) groups is 1. The maximum absolute atomic E-state index is 14.1. The molecule has 0 aliphatic heterocycles. The Morgan fingerprint density at radius 2 is 1.60 bits per heavy atom. The summed E-state index contributed by atoms with van der Waals surface area (Å²) in [5.74, 6) is -0.346. The number of hydrogen-bond acceptors (Lipinski definition) is 6. The highest BCUT2D eigenvalue weighted by molar-refractivity contribution is 7.98. The van der Waals surface area contributed by atoms with E-state index in [4.69, 9.17) is 4.74 Å². The number of nitrogens with one attached hydrogen (secondary N) is 2. The van der Waals surface area contributed by atoms with Gasteiger partial charge in [0.2, 0.25) is 11.8 Å². The van der Waals surface area contributed by atoms with E-state index in [2.05, 4.69) is 10.6 Å². The molecule has 1 aromatic rings. The zero-order valence-electron chi connectivity index (χ0n) is 22.8. The number of aromatic hydroxyl groups is 1. The first-order valence-corrected chi connectivity index (χ1v) is 13.2. The van der Waals surface area contributed by atoms with E-state index < -0.39 is 46.7 Å². The normalized spacial score (nSPS) is 14.0. The lowest BCUT2D eigenvalue weighted by Gasteiger charge is -2.43. The molecule has 0 saturated heterocycles. The van der Waals surface area contributed by atoms with Gasteiger partial charge in [0, 0.05) is 16.6 Å². The minimum Gasteiger partial charge on any atom is -0.508 e. The van der Waals surface area contributed by atoms with E-state index >= 15 is 0 Å². The summed E-state index contributed by atoms with van der Waals surface area (Å²) in [5.41, 5.74) is -1.82. The largest absolute Gasteiger partial charge is 0.508 e. The van der Waals surface area contributed by atoms with Gasteiger partial charge in [-0.25, -0.2) is 4.79 Å². The van der Waals surface area contributed by atoms with E-state index in [9.17, 15) is 19.5 Å². The van der Waals surface area contributed by atoms with Crippen LogP contribution >= 0.6 is 11.8 Å². The number of carbonyl (C=O) groups excluding carboxylic acids is 3. The third kappa shape index (κ3) is 9.99. The van der Waals surface area contributed by atoms with Crippen LogP contribution in [0.25, 0.3) is 0 Å². The average molecular weight is 510 g/mol. The number of carbonyl (C=O) groups is 3. The van der Waals surface area contributed by atoms with Gasteiger partial charge in [0.1, 0.15) is 23.4 Å². The van der Waals surface area contributed by atoms with Crippen LogP contribution < -0.4 is 10.6 Å². The summed E-state index contributed by atoms with van der Waals surface area (Å²) in [6, 6.07) is 4.44. The van der Waals surface area contributed by atoms with Gasteiger partial charge in [-0.15, -0.1) is 0 Å². The summed E-state index contributed by atoms with van der Waals surface area (Å²) < 4.78 is 5.39. The Kier molecular flexibility index (Phi) is 10.5. The van der Waals surface area contributed by atoms with Gasteiger partial charge in [-0.2, -0.15) is 11.8 Å². The van der Waals surface area contributed by atoms with E-state index in [0.717, 1.165) is 0 Å². The number of phenolic OH excluding ortho intramolecular Hbond substituents is 1. The van der Waals surface area contributed by atoms with Crippen molar-refractivity contribution in [2.45, 2.75) is 97.5 Å². The fraction of sp³-hybridized carbons (Fsp3) is 0.654. The molecule has 1 rings (SSSR count). The van der Waals surface area contributed by atoms with Gasteiger partial charge >= 0.3 is 6.09 Å². The van der Waals surface area contributed by atoms with Crippen LogP contribution in [0.3, 0.4) is 0 Å². The monoisotopic (exact) mass is 509 g/mol. The number of amides is 3. The topological polar surface area (TPSA) is 108 Å². The molecule has 2 unspecified atom stereocenters. The number of ether oxygens (including phenoxy) is 1. The molecule has 9 heteroatoms. The fourth-order valence-electron chi connectivity index (χ4n) is 3.51. The molecule has 8 nitrogen and oxygen atoms in total. The third-order valence-electron chi connectivity index (χ3n) is 4.80. The highest BCUT2D eigenvalue weighted by Crippen LogP contribution is 2.35. The lowest BCUT2D eigenvalue weighted by Crippen LogP contribution is -2.59. The SMILES string of the molecule is CSCCC(NC(=O)OC(C)(C)C)C(=O)N(C(C(=O)NC(C)(C)C)c1ccccc1O)C(C)(C)C. The van der Waals surface area contributed by atoms with Crippen LogP contribution in [0.15, 0.2) is 24.3 Å². The van der Waals surface area contributed by atoms with Crippen LogP contribution in [0.1, 0.15) is 80.3 Å². The van der Waals surface area contributed by atoms with Gasteiger partial charge in [0.05, 0.1) is 0 Å². The molecule has 35 heavy (non-hydrogen) atoms. The first-order chi connectivity index (χ1) is 15.9. The standard InChI is InChI=1S/C26H43N3O5S/c1-24(2,3)28-21(31)20(17-13-11-12-14-19(17)30)29(25(4,5)6)22(32)18(15-16-35-10)27-23(33)34-26(7,8)9/h11-14,18,20,30H,15-16H2,1-10H3,(H,27,33)(H,28,31). The number of alkyl carbamates (subject to hydrolysis) is 1. The van der Waals surface area contributed by atoms with Crippen molar-refractivity contribution in [3.63, 3.8) is 0 Å². The number of nitrogens with zero attached hydrogens (tertiary/aromatic N) is 1. The Balaban J connectivity index is 3.59. The molecular weight excluding hydrogens is 466 g/mol. The summed E-state index contributed by atoms with van der Waals surface area (Å²) in [7, 11) is 0. The molecule has 0 heterocycles. The number of rotatable bonds is 8. The van der Waals surface area contributed by atoms with Crippen LogP contribution in [0.5, 0.6) is 5.75 Å². The lowest BCUT2D eigenvalue weighted by atomic mass is 9.93. The Labute approximate surface area is 214 Å². The minimum atomic E-state index is -1.12. The van der Waals surface area contributed by atoms with E-state index in [1.165, 1.54) is 11.0 Å². The number of phenols is 1. The summed E-state index contributed by atoms with van der Waals surface area (Å²) in [4.78, 5) is 41.7. The quantitative estimate of drug-likeness (QED) is 0.472. The molecule has 3 N–H and O–H groups in total. The predicted molar refractivity (Wildman–Crippen MR) is 141 cm³/mol. The maximum Gasteiger partial charge on any atom is 0.408 e. The highest BCUT2D eigenvalue weighted by atomic mass is 32.2. The fourth-order valence-corrected chi connectivity index (χ4v) is 3.98.